The molecule has 2 atom stereocenters. The van der Waals surface area contributed by atoms with Gasteiger partial charge < -0.3 is 39.1 Å². The van der Waals surface area contributed by atoms with Gasteiger partial charge in [-0.15, -0.1) is 0 Å². The molecule has 0 spiro atoms. The van der Waals surface area contributed by atoms with Crippen molar-refractivity contribution in [1.82, 2.24) is 20.2 Å². The van der Waals surface area contributed by atoms with Gasteiger partial charge in [-0.2, -0.15) is 0 Å². The third-order valence-corrected chi connectivity index (χ3v) is 11.5. The molecule has 0 fully saturated rings. The Bertz CT molecular complexity index is 3110. The van der Waals surface area contributed by atoms with Crippen LogP contribution in [0, 0.1) is 17.5 Å². The van der Waals surface area contributed by atoms with E-state index in [0.717, 1.165) is 45.1 Å². The van der Waals surface area contributed by atoms with Crippen molar-refractivity contribution in [1.29, 1.82) is 0 Å². The molecule has 5 aromatic carbocycles. The van der Waals surface area contributed by atoms with Crippen LogP contribution in [0.2, 0.25) is 0 Å². The van der Waals surface area contributed by atoms with Crippen LogP contribution in [0.3, 0.4) is 0 Å². The maximum absolute atomic E-state index is 13.7. The van der Waals surface area contributed by atoms with Gasteiger partial charge in [0.2, 0.25) is 0 Å². The Morgan fingerprint density at radius 3 is 1.51 bits per heavy atom. The molecule has 4 heterocycles. The molecule has 2 unspecified atom stereocenters. The Morgan fingerprint density at radius 2 is 0.986 bits per heavy atom. The summed E-state index contributed by atoms with van der Waals surface area (Å²) >= 11 is 0. The Kier molecular flexibility index (Phi) is 14.4. The van der Waals surface area contributed by atoms with Crippen molar-refractivity contribution in [2.45, 2.75) is 38.8 Å². The average Bonchev–Trinajstić information content (AvgIpc) is 3.77. The first-order valence-corrected chi connectivity index (χ1v) is 22.1. The lowest BCUT2D eigenvalue weighted by atomic mass is 10.0. The maximum atomic E-state index is 13.7. The first-order chi connectivity index (χ1) is 33.4. The van der Waals surface area contributed by atoms with Crippen molar-refractivity contribution in [3.63, 3.8) is 0 Å². The smallest absolute Gasteiger partial charge is 0.341 e. The highest BCUT2D eigenvalue weighted by atomic mass is 19.1. The van der Waals surface area contributed by atoms with E-state index in [1.54, 1.807) is 20.0 Å². The molecule has 0 saturated heterocycles. The van der Waals surface area contributed by atoms with E-state index in [1.165, 1.54) is 71.8 Å². The fourth-order valence-electron chi connectivity index (χ4n) is 8.14. The number of halogens is 3. The average molecular weight is 939 g/mol. The summed E-state index contributed by atoms with van der Waals surface area (Å²) in [7, 11) is 0. The molecule has 352 valence electrons. The molecular weight excluding hydrogens is 894 g/mol. The zero-order chi connectivity index (χ0) is 48.6. The number of hydrogen-bond donors (Lipinski definition) is 3. The van der Waals surface area contributed by atoms with Crippen LogP contribution < -0.4 is 5.32 Å². The molecular formula is C53H45F3N4O9. The number of esters is 4. The summed E-state index contributed by atoms with van der Waals surface area (Å²) in [6, 6.07) is 29.4. The summed E-state index contributed by atoms with van der Waals surface area (Å²) in [4.78, 5) is 72.3. The molecule has 3 N–H and O–H groups in total. The second kappa shape index (κ2) is 21.1. The highest BCUT2D eigenvalue weighted by molar-refractivity contribution is 6.19. The molecule has 1 amide bonds. The number of carbonyl (C=O) groups is 5. The minimum Gasteiger partial charge on any atom is -0.462 e. The summed E-state index contributed by atoms with van der Waals surface area (Å²) in [5.41, 5.74) is 5.76. The van der Waals surface area contributed by atoms with Crippen molar-refractivity contribution in [2.75, 3.05) is 26.4 Å². The number of rotatable bonds is 11. The molecule has 7 aromatic rings. The number of nitrogens with one attached hydrogen (secondary N) is 3. The van der Waals surface area contributed by atoms with Crippen molar-refractivity contribution in [2.24, 2.45) is 0 Å². The van der Waals surface area contributed by atoms with Crippen LogP contribution in [-0.2, 0) is 41.4 Å². The quantitative estimate of drug-likeness (QED) is 0.0842. The van der Waals surface area contributed by atoms with E-state index in [0.29, 0.717) is 23.4 Å². The number of fused-ring (bicyclic) bond motifs is 6. The van der Waals surface area contributed by atoms with Crippen LogP contribution in [0.15, 0.2) is 134 Å². The number of nitrogens with zero attached hydrogens (tertiary/aromatic N) is 1. The second-order valence-corrected chi connectivity index (χ2v) is 15.9. The number of amides is 1. The van der Waals surface area contributed by atoms with Crippen molar-refractivity contribution in [3.05, 3.63) is 190 Å². The van der Waals surface area contributed by atoms with Crippen molar-refractivity contribution < 1.29 is 56.1 Å². The third-order valence-electron chi connectivity index (χ3n) is 11.5. The van der Waals surface area contributed by atoms with Gasteiger partial charge >= 0.3 is 23.9 Å². The van der Waals surface area contributed by atoms with E-state index in [1.807, 2.05) is 48.5 Å². The van der Waals surface area contributed by atoms with Crippen molar-refractivity contribution in [3.8, 4) is 0 Å². The lowest BCUT2D eigenvalue weighted by molar-refractivity contribution is -0.137. The maximum Gasteiger partial charge on any atom is 0.341 e. The zero-order valence-corrected chi connectivity index (χ0v) is 37.4. The number of carbonyl (C=O) groups excluding carboxylic acids is 5. The lowest BCUT2D eigenvalue weighted by Gasteiger charge is -2.28. The van der Waals surface area contributed by atoms with Crippen LogP contribution in [0.25, 0.3) is 33.0 Å². The lowest BCUT2D eigenvalue weighted by Crippen LogP contribution is -2.41. The summed E-state index contributed by atoms with van der Waals surface area (Å²) in [5.74, 6) is -4.22. The van der Waals surface area contributed by atoms with Crippen LogP contribution >= 0.6 is 0 Å². The summed E-state index contributed by atoms with van der Waals surface area (Å²) in [6.45, 7) is 3.68. The van der Waals surface area contributed by atoms with E-state index < -0.39 is 53.3 Å². The predicted octanol–water partition coefficient (Wildman–Crippen LogP) is 8.86. The highest BCUT2D eigenvalue weighted by Gasteiger charge is 2.34. The predicted molar refractivity (Wildman–Crippen MR) is 250 cm³/mol. The minimum atomic E-state index is -0.739. The minimum absolute atomic E-state index is 0.0851. The van der Waals surface area contributed by atoms with Gasteiger partial charge in [0, 0.05) is 39.8 Å². The zero-order valence-electron chi connectivity index (χ0n) is 37.4. The molecule has 16 heteroatoms. The van der Waals surface area contributed by atoms with E-state index in [4.69, 9.17) is 18.9 Å². The molecule has 0 aliphatic carbocycles. The molecule has 9 rings (SSSR count). The van der Waals surface area contributed by atoms with Crippen molar-refractivity contribution >= 4 is 62.7 Å². The second-order valence-electron chi connectivity index (χ2n) is 15.9. The van der Waals surface area contributed by atoms with Gasteiger partial charge in [-0.1, -0.05) is 36.4 Å². The van der Waals surface area contributed by atoms with Crippen LogP contribution in [-0.4, -0.2) is 83.2 Å². The summed E-state index contributed by atoms with van der Waals surface area (Å²) in [6.07, 6.45) is 3.76. The first-order valence-electron chi connectivity index (χ1n) is 22.1. The molecule has 0 radical (unpaired) electrons. The van der Waals surface area contributed by atoms with E-state index >= 15 is 0 Å². The third kappa shape index (κ3) is 10.6. The largest absolute Gasteiger partial charge is 0.462 e. The van der Waals surface area contributed by atoms with Crippen LogP contribution in [0.1, 0.15) is 67.4 Å². The molecule has 13 nitrogen and oxygen atoms in total. The first kappa shape index (κ1) is 47.1. The Labute approximate surface area is 393 Å². The number of benzene rings is 5. The Morgan fingerprint density at radius 1 is 0.536 bits per heavy atom. The van der Waals surface area contributed by atoms with E-state index in [-0.39, 0.29) is 61.2 Å². The monoisotopic (exact) mass is 938 g/mol. The van der Waals surface area contributed by atoms with Gasteiger partial charge in [-0.05, 0) is 123 Å². The highest BCUT2D eigenvalue weighted by Crippen LogP contribution is 2.35. The number of H-pyrrole nitrogens is 2. The van der Waals surface area contributed by atoms with Gasteiger partial charge in [0.15, 0.2) is 0 Å². The fraction of sp³-hybridized carbons (Fsp3) is 0.189. The Balaban J connectivity index is 0.000000192. The van der Waals surface area contributed by atoms with Gasteiger partial charge in [-0.25, -0.2) is 32.3 Å². The molecule has 0 saturated carbocycles. The normalized spacial score (nSPS) is 15.1. The van der Waals surface area contributed by atoms with Gasteiger partial charge in [0.1, 0.15) is 30.7 Å². The summed E-state index contributed by atoms with van der Waals surface area (Å²) < 4.78 is 61.5. The van der Waals surface area contributed by atoms with Gasteiger partial charge in [0.05, 0.1) is 59.0 Å². The molecule has 2 aliphatic heterocycles. The van der Waals surface area contributed by atoms with Gasteiger partial charge in [-0.3, -0.25) is 4.79 Å². The van der Waals surface area contributed by atoms with Crippen LogP contribution in [0.5, 0.6) is 0 Å². The van der Waals surface area contributed by atoms with E-state index in [9.17, 15) is 37.1 Å². The topological polar surface area (TPSA) is 169 Å². The molecule has 2 aliphatic rings. The Hall–Kier alpha value is -8.40. The molecule has 69 heavy (non-hydrogen) atoms. The summed E-state index contributed by atoms with van der Waals surface area (Å²) in [5, 5.41) is 5.01. The molecule has 2 aromatic heterocycles. The number of para-hydroxylation sites is 2. The number of aromatic nitrogens is 2. The van der Waals surface area contributed by atoms with Crippen LogP contribution in [0.4, 0.5) is 13.2 Å². The number of hydrogen-bond acceptors (Lipinski definition) is 10. The van der Waals surface area contributed by atoms with E-state index in [2.05, 4.69) is 15.3 Å². The number of aromatic amines is 2. The number of ether oxygens (including phenoxy) is 4. The molecule has 0 bridgehead atoms. The SMILES string of the molecule is CCOC(=O)C1=CN(C(=O)c2ccc(F)cc2)C(COC(=O)c2ccc(F)cc2)Cc2c1[nH]c1ccccc21.CCOC(=O)C1=CNC(COC(=O)c2ccc(F)cc2)Cc2c1[nH]c1ccccc21. The van der Waals surface area contributed by atoms with Gasteiger partial charge in [0.25, 0.3) is 5.91 Å². The fourth-order valence-corrected chi connectivity index (χ4v) is 8.14. The standard InChI is InChI=1S/C30H24F2N2O5.C23H21FN2O4/c1-2-38-30(37)25-16-34(28(35)18-7-11-20(31)12-8-18)22(17-39-29(36)19-9-13-21(32)14-10-19)15-24-23-5-3-4-6-26(23)33-27(24)25;1-2-29-23(28)19-12-25-16(13-30-22(27)14-7-9-15(24)10-8-14)11-18-17-5-3-4-6-20(17)26-21(18)19/h3-14,16,22,33H,2,15,17H2,1H3;3-10,12,16,25-26H,2,11,13H2,1H3.